The number of hydrogen-bond donors (Lipinski definition) is 1. The van der Waals surface area contributed by atoms with Gasteiger partial charge in [0.25, 0.3) is 0 Å². The van der Waals surface area contributed by atoms with Crippen LogP contribution in [0.5, 0.6) is 11.5 Å². The molecular weight excluding hydrogens is 345 g/mol. The average Bonchev–Trinajstić information content (AvgIpc) is 2.52. The Labute approximate surface area is 139 Å². The van der Waals surface area contributed by atoms with E-state index in [2.05, 4.69) is 4.72 Å². The predicted octanol–water partition coefficient (Wildman–Crippen LogP) is 2.97. The van der Waals surface area contributed by atoms with Crippen LogP contribution in [0, 0.1) is 5.82 Å². The molecule has 0 aliphatic heterocycles. The summed E-state index contributed by atoms with van der Waals surface area (Å²) in [5, 5.41) is -0.190. The minimum absolute atomic E-state index is 0.0662. The summed E-state index contributed by atoms with van der Waals surface area (Å²) in [6, 6.07) is 8.20. The molecule has 0 atom stereocenters. The summed E-state index contributed by atoms with van der Waals surface area (Å²) in [5.41, 5.74) is 0.541. The third-order valence-electron chi connectivity index (χ3n) is 3.15. The van der Waals surface area contributed by atoms with Crippen molar-refractivity contribution >= 4 is 21.6 Å². The maximum Gasteiger partial charge on any atom is 0.242 e. The number of ether oxygens (including phenoxy) is 2. The van der Waals surface area contributed by atoms with E-state index in [1.165, 1.54) is 14.2 Å². The molecule has 0 heterocycles. The topological polar surface area (TPSA) is 64.6 Å². The fraction of sp³-hybridized carbons (Fsp3) is 0.200. The van der Waals surface area contributed by atoms with Crippen LogP contribution >= 0.6 is 11.6 Å². The Hall–Kier alpha value is -1.83. The van der Waals surface area contributed by atoms with E-state index in [0.29, 0.717) is 17.1 Å². The molecule has 0 aromatic heterocycles. The van der Waals surface area contributed by atoms with Crippen molar-refractivity contribution in [2.45, 2.75) is 11.4 Å². The second-order valence-corrected chi connectivity index (χ2v) is 6.68. The molecule has 0 amide bonds. The van der Waals surface area contributed by atoms with E-state index in [9.17, 15) is 12.8 Å². The quantitative estimate of drug-likeness (QED) is 0.861. The maximum absolute atomic E-state index is 13.1. The number of rotatable bonds is 6. The molecule has 2 aromatic rings. The van der Waals surface area contributed by atoms with Gasteiger partial charge in [-0.2, -0.15) is 0 Å². The van der Waals surface area contributed by atoms with Crippen molar-refractivity contribution in [2.24, 2.45) is 0 Å². The second-order valence-electron chi connectivity index (χ2n) is 4.54. The number of benzene rings is 2. The molecule has 0 unspecified atom stereocenters. The van der Waals surface area contributed by atoms with Crippen LogP contribution in [0.15, 0.2) is 41.3 Å². The third-order valence-corrected chi connectivity index (χ3v) is 5.04. The normalized spacial score (nSPS) is 11.3. The molecular formula is C15H15ClFNO4S. The van der Waals surface area contributed by atoms with Crippen LogP contribution in [0.1, 0.15) is 5.56 Å². The molecule has 0 bridgehead atoms. The summed E-state index contributed by atoms with van der Waals surface area (Å²) in [6.45, 7) is -0.0662. The molecule has 0 fully saturated rings. The van der Waals surface area contributed by atoms with Crippen molar-refractivity contribution in [2.75, 3.05) is 14.2 Å². The van der Waals surface area contributed by atoms with Crippen molar-refractivity contribution in [3.05, 3.63) is 52.8 Å². The van der Waals surface area contributed by atoms with Gasteiger partial charge in [-0.1, -0.05) is 17.7 Å². The fourth-order valence-corrected chi connectivity index (χ4v) is 3.56. The van der Waals surface area contributed by atoms with Gasteiger partial charge in [0.15, 0.2) is 0 Å². The molecule has 0 aliphatic rings. The number of methoxy groups -OCH3 is 2. The molecule has 124 valence electrons. The molecule has 0 saturated carbocycles. The first kappa shape index (κ1) is 17.5. The molecule has 2 aromatic carbocycles. The molecule has 0 spiro atoms. The molecule has 0 radical (unpaired) electrons. The minimum Gasteiger partial charge on any atom is -0.496 e. The number of nitrogens with one attached hydrogen (secondary N) is 1. The van der Waals surface area contributed by atoms with Crippen molar-refractivity contribution in [1.82, 2.24) is 4.72 Å². The van der Waals surface area contributed by atoms with Crippen LogP contribution in [0.3, 0.4) is 0 Å². The van der Waals surface area contributed by atoms with Crippen LogP contribution in [0.2, 0.25) is 5.02 Å². The van der Waals surface area contributed by atoms with E-state index in [1.807, 2.05) is 0 Å². The molecule has 23 heavy (non-hydrogen) atoms. The molecule has 2 rings (SSSR count). The highest BCUT2D eigenvalue weighted by Crippen LogP contribution is 2.29. The van der Waals surface area contributed by atoms with Gasteiger partial charge in [-0.15, -0.1) is 0 Å². The first-order chi connectivity index (χ1) is 10.9. The molecule has 8 heteroatoms. The molecule has 0 saturated heterocycles. The van der Waals surface area contributed by atoms with Gasteiger partial charge in [0.2, 0.25) is 10.0 Å². The fourth-order valence-electron chi connectivity index (χ4n) is 2.04. The Balaban J connectivity index is 2.30. The lowest BCUT2D eigenvalue weighted by molar-refractivity contribution is 0.384. The van der Waals surface area contributed by atoms with E-state index >= 15 is 0 Å². The SMILES string of the molecule is COc1cccc(OC)c1CNS(=O)(=O)c1ccc(F)cc1Cl. The standard InChI is InChI=1S/C15H15ClFNO4S/c1-21-13-4-3-5-14(22-2)11(13)9-18-23(19,20)15-7-6-10(17)8-12(15)16/h3-8,18H,9H2,1-2H3. The van der Waals surface area contributed by atoms with E-state index in [4.69, 9.17) is 21.1 Å². The number of hydrogen-bond acceptors (Lipinski definition) is 4. The minimum atomic E-state index is -3.92. The van der Waals surface area contributed by atoms with Crippen molar-refractivity contribution in [1.29, 1.82) is 0 Å². The monoisotopic (exact) mass is 359 g/mol. The van der Waals surface area contributed by atoms with Gasteiger partial charge in [0.05, 0.1) is 24.8 Å². The summed E-state index contributed by atoms with van der Waals surface area (Å²) in [6.07, 6.45) is 0. The zero-order valence-electron chi connectivity index (χ0n) is 12.5. The Kier molecular flexibility index (Phi) is 5.46. The second kappa shape index (κ2) is 7.16. The van der Waals surface area contributed by atoms with Crippen molar-refractivity contribution in [3.8, 4) is 11.5 Å². The van der Waals surface area contributed by atoms with Crippen molar-refractivity contribution < 1.29 is 22.3 Å². The third kappa shape index (κ3) is 3.93. The summed E-state index contributed by atoms with van der Waals surface area (Å²) in [5.74, 6) is 0.356. The maximum atomic E-state index is 13.1. The zero-order chi connectivity index (χ0) is 17.0. The van der Waals surface area contributed by atoms with E-state index in [0.717, 1.165) is 18.2 Å². The Bertz CT molecular complexity index is 789. The van der Waals surface area contributed by atoms with Crippen LogP contribution in [-0.4, -0.2) is 22.6 Å². The van der Waals surface area contributed by atoms with Gasteiger partial charge < -0.3 is 9.47 Å². The smallest absolute Gasteiger partial charge is 0.242 e. The summed E-state index contributed by atoms with van der Waals surface area (Å²) >= 11 is 5.80. The lowest BCUT2D eigenvalue weighted by Crippen LogP contribution is -2.24. The number of sulfonamides is 1. The zero-order valence-corrected chi connectivity index (χ0v) is 14.0. The lowest BCUT2D eigenvalue weighted by atomic mass is 10.2. The highest BCUT2D eigenvalue weighted by molar-refractivity contribution is 7.89. The van der Waals surface area contributed by atoms with Gasteiger partial charge in [-0.25, -0.2) is 17.5 Å². The van der Waals surface area contributed by atoms with Gasteiger partial charge in [-0.3, -0.25) is 0 Å². The van der Waals surface area contributed by atoms with Crippen LogP contribution < -0.4 is 14.2 Å². The molecule has 1 N–H and O–H groups in total. The number of halogens is 2. The van der Waals surface area contributed by atoms with Gasteiger partial charge in [0.1, 0.15) is 22.2 Å². The van der Waals surface area contributed by atoms with E-state index in [1.54, 1.807) is 18.2 Å². The first-order valence-corrected chi connectivity index (χ1v) is 8.39. The molecule has 0 aliphatic carbocycles. The largest absolute Gasteiger partial charge is 0.496 e. The highest BCUT2D eigenvalue weighted by atomic mass is 35.5. The first-order valence-electron chi connectivity index (χ1n) is 6.53. The molecule has 5 nitrogen and oxygen atoms in total. The van der Waals surface area contributed by atoms with Crippen LogP contribution in [0.4, 0.5) is 4.39 Å². The Morgan fingerprint density at radius 2 is 1.74 bits per heavy atom. The van der Waals surface area contributed by atoms with Gasteiger partial charge in [-0.05, 0) is 30.3 Å². The van der Waals surface area contributed by atoms with E-state index < -0.39 is 15.8 Å². The van der Waals surface area contributed by atoms with Gasteiger partial charge >= 0.3 is 0 Å². The van der Waals surface area contributed by atoms with Gasteiger partial charge in [0, 0.05) is 6.54 Å². The van der Waals surface area contributed by atoms with E-state index in [-0.39, 0.29) is 16.5 Å². The van der Waals surface area contributed by atoms with Crippen LogP contribution in [-0.2, 0) is 16.6 Å². The van der Waals surface area contributed by atoms with Crippen molar-refractivity contribution in [3.63, 3.8) is 0 Å². The Morgan fingerprint density at radius 3 is 2.26 bits per heavy atom. The lowest BCUT2D eigenvalue weighted by Gasteiger charge is -2.14. The predicted molar refractivity (Wildman–Crippen MR) is 85.0 cm³/mol. The average molecular weight is 360 g/mol. The highest BCUT2D eigenvalue weighted by Gasteiger charge is 2.20. The Morgan fingerprint density at radius 1 is 1.13 bits per heavy atom. The summed E-state index contributed by atoms with van der Waals surface area (Å²) < 4.78 is 50.5. The summed E-state index contributed by atoms with van der Waals surface area (Å²) in [4.78, 5) is -0.200. The van der Waals surface area contributed by atoms with Crippen LogP contribution in [0.25, 0.3) is 0 Å². The summed E-state index contributed by atoms with van der Waals surface area (Å²) in [7, 11) is -0.964.